The molecule has 0 fully saturated rings. The number of nitro groups is 2. The SMILES string of the molecule is O=C(CSc1nc2ccc(N=Cc3ccc(O)c([N+](=O)[O-])c3)cc2s1)Nc1ccccc1[N+](=O)[O-]. The van der Waals surface area contributed by atoms with Crippen molar-refractivity contribution in [1.82, 2.24) is 4.98 Å². The molecule has 4 rings (SSSR count). The first-order valence-electron chi connectivity index (χ1n) is 9.88. The molecule has 11 nitrogen and oxygen atoms in total. The number of nitrogens with zero attached hydrogens (tertiary/aromatic N) is 4. The van der Waals surface area contributed by atoms with Gasteiger partial charge in [0, 0.05) is 18.3 Å². The zero-order chi connectivity index (χ0) is 24.9. The van der Waals surface area contributed by atoms with E-state index in [1.54, 1.807) is 24.3 Å². The number of carbonyl (C=O) groups is 1. The van der Waals surface area contributed by atoms with Gasteiger partial charge < -0.3 is 10.4 Å². The number of phenols is 1. The third kappa shape index (κ3) is 5.77. The van der Waals surface area contributed by atoms with Crippen molar-refractivity contribution >= 4 is 68.2 Å². The second-order valence-corrected chi connectivity index (χ2v) is 9.26. The lowest BCUT2D eigenvalue weighted by atomic mass is 10.2. The van der Waals surface area contributed by atoms with Gasteiger partial charge in [-0.05, 0) is 42.0 Å². The van der Waals surface area contributed by atoms with Crippen molar-refractivity contribution < 1.29 is 19.7 Å². The van der Waals surface area contributed by atoms with Gasteiger partial charge in [0.1, 0.15) is 5.69 Å². The molecule has 0 spiro atoms. The van der Waals surface area contributed by atoms with Crippen molar-refractivity contribution in [2.75, 3.05) is 11.1 Å². The minimum absolute atomic E-state index is 0.0243. The Kier molecular flexibility index (Phi) is 6.98. The number of hydrogen-bond donors (Lipinski definition) is 2. The lowest BCUT2D eigenvalue weighted by Crippen LogP contribution is -2.15. The summed E-state index contributed by atoms with van der Waals surface area (Å²) in [5.74, 6) is -0.785. The molecule has 0 saturated heterocycles. The van der Waals surface area contributed by atoms with Gasteiger partial charge in [0.05, 0.1) is 31.5 Å². The molecular formula is C22H15N5O6S2. The van der Waals surface area contributed by atoms with Gasteiger partial charge in [0.25, 0.3) is 5.69 Å². The van der Waals surface area contributed by atoms with Crippen LogP contribution in [0.2, 0.25) is 0 Å². The normalized spacial score (nSPS) is 11.1. The number of carbonyl (C=O) groups excluding carboxylic acids is 1. The summed E-state index contributed by atoms with van der Waals surface area (Å²) in [5.41, 5.74) is 1.33. The van der Waals surface area contributed by atoms with E-state index in [1.807, 2.05) is 0 Å². The highest BCUT2D eigenvalue weighted by molar-refractivity contribution is 8.01. The predicted molar refractivity (Wildman–Crippen MR) is 134 cm³/mol. The molecule has 1 heterocycles. The van der Waals surface area contributed by atoms with Gasteiger partial charge in [-0.25, -0.2) is 4.98 Å². The molecule has 0 unspecified atom stereocenters. The number of rotatable bonds is 8. The van der Waals surface area contributed by atoms with E-state index >= 15 is 0 Å². The van der Waals surface area contributed by atoms with Gasteiger partial charge >= 0.3 is 5.69 Å². The zero-order valence-electron chi connectivity index (χ0n) is 17.7. The molecule has 1 aromatic heterocycles. The highest BCUT2D eigenvalue weighted by atomic mass is 32.2. The Morgan fingerprint density at radius 1 is 1.09 bits per heavy atom. The van der Waals surface area contributed by atoms with Crippen molar-refractivity contribution in [3.8, 4) is 5.75 Å². The molecule has 35 heavy (non-hydrogen) atoms. The van der Waals surface area contributed by atoms with Crippen molar-refractivity contribution in [3.63, 3.8) is 0 Å². The number of nitro benzene ring substituents is 2. The maximum atomic E-state index is 12.3. The van der Waals surface area contributed by atoms with E-state index in [-0.39, 0.29) is 17.1 Å². The summed E-state index contributed by atoms with van der Waals surface area (Å²) in [7, 11) is 0. The number of thioether (sulfide) groups is 1. The quantitative estimate of drug-likeness (QED) is 0.140. The van der Waals surface area contributed by atoms with Crippen molar-refractivity contribution in [1.29, 1.82) is 0 Å². The number of benzene rings is 3. The molecule has 4 aromatic rings. The summed E-state index contributed by atoms with van der Waals surface area (Å²) in [6.45, 7) is 0. The molecule has 0 saturated carbocycles. The number of para-hydroxylation sites is 2. The molecule has 0 aliphatic carbocycles. The molecule has 2 N–H and O–H groups in total. The molecule has 0 bridgehead atoms. The first kappa shape index (κ1) is 23.8. The van der Waals surface area contributed by atoms with Gasteiger partial charge in [0.2, 0.25) is 5.91 Å². The Morgan fingerprint density at radius 2 is 1.86 bits per heavy atom. The van der Waals surface area contributed by atoms with E-state index in [4.69, 9.17) is 0 Å². The summed E-state index contributed by atoms with van der Waals surface area (Å²) < 4.78 is 1.48. The highest BCUT2D eigenvalue weighted by Gasteiger charge is 2.16. The fourth-order valence-corrected chi connectivity index (χ4v) is 4.90. The number of anilines is 1. The molecule has 1 amide bonds. The molecule has 3 aromatic carbocycles. The molecule has 0 radical (unpaired) electrons. The number of amides is 1. The lowest BCUT2D eigenvalue weighted by Gasteiger charge is -2.04. The smallest absolute Gasteiger partial charge is 0.311 e. The minimum Gasteiger partial charge on any atom is -0.502 e. The standard InChI is InChI=1S/C22H15N5O6S2/c28-19-8-5-13(9-18(19)27(32)33)11-23-14-6-7-16-20(10-14)35-22(25-16)34-12-21(29)24-15-3-1-2-4-17(15)26(30)31/h1-11,28H,12H2,(H,24,29). The predicted octanol–water partition coefficient (Wildman–Crippen LogP) is 5.30. The van der Waals surface area contributed by atoms with Crippen LogP contribution in [0.5, 0.6) is 5.75 Å². The minimum atomic E-state index is -0.670. The number of nitrogens with one attached hydrogen (secondary N) is 1. The average Bonchev–Trinajstić information content (AvgIpc) is 3.24. The van der Waals surface area contributed by atoms with Gasteiger partial charge in [-0.2, -0.15) is 0 Å². The molecule has 0 aliphatic rings. The van der Waals surface area contributed by atoms with E-state index in [2.05, 4.69) is 15.3 Å². The molecule has 13 heteroatoms. The number of fused-ring (bicyclic) bond motifs is 1. The molecule has 0 aliphatic heterocycles. The van der Waals surface area contributed by atoms with Gasteiger partial charge in [-0.3, -0.25) is 30.0 Å². The third-order valence-corrected chi connectivity index (χ3v) is 6.77. The van der Waals surface area contributed by atoms with Crippen LogP contribution < -0.4 is 5.32 Å². The monoisotopic (exact) mass is 509 g/mol. The van der Waals surface area contributed by atoms with Gasteiger partial charge in [-0.15, -0.1) is 11.3 Å². The summed E-state index contributed by atoms with van der Waals surface area (Å²) in [5, 5.41) is 34.2. The van der Waals surface area contributed by atoms with Crippen LogP contribution in [0.3, 0.4) is 0 Å². The number of thiazole rings is 1. The van der Waals surface area contributed by atoms with Crippen LogP contribution >= 0.6 is 23.1 Å². The third-order valence-electron chi connectivity index (χ3n) is 4.61. The van der Waals surface area contributed by atoms with Crippen LogP contribution in [0.4, 0.5) is 22.7 Å². The largest absolute Gasteiger partial charge is 0.502 e. The van der Waals surface area contributed by atoms with Gasteiger partial charge in [0.15, 0.2) is 10.1 Å². The van der Waals surface area contributed by atoms with Crippen LogP contribution in [0.25, 0.3) is 10.2 Å². The Balaban J connectivity index is 1.42. The molecule has 0 atom stereocenters. The van der Waals surface area contributed by atoms with Crippen LogP contribution in [0, 0.1) is 20.2 Å². The van der Waals surface area contributed by atoms with Crippen molar-refractivity contribution in [2.24, 2.45) is 4.99 Å². The summed E-state index contributed by atoms with van der Waals surface area (Å²) >= 11 is 2.57. The van der Waals surface area contributed by atoms with Crippen LogP contribution in [0.1, 0.15) is 5.56 Å². The van der Waals surface area contributed by atoms with E-state index in [1.165, 1.54) is 65.7 Å². The van der Waals surface area contributed by atoms with Crippen molar-refractivity contribution in [2.45, 2.75) is 4.34 Å². The van der Waals surface area contributed by atoms with E-state index in [9.17, 15) is 30.1 Å². The lowest BCUT2D eigenvalue weighted by molar-refractivity contribution is -0.385. The fourth-order valence-electron chi connectivity index (χ4n) is 3.00. The second-order valence-electron chi connectivity index (χ2n) is 7.01. The summed E-state index contributed by atoms with van der Waals surface area (Å²) in [6, 6.07) is 15.2. The van der Waals surface area contributed by atoms with Gasteiger partial charge in [-0.1, -0.05) is 23.9 Å². The van der Waals surface area contributed by atoms with Crippen LogP contribution in [-0.2, 0) is 4.79 Å². The Labute approximate surface area is 205 Å². The molecular weight excluding hydrogens is 494 g/mol. The topological polar surface area (TPSA) is 161 Å². The molecule has 176 valence electrons. The average molecular weight is 510 g/mol. The highest BCUT2D eigenvalue weighted by Crippen LogP contribution is 2.32. The van der Waals surface area contributed by atoms with E-state index in [0.29, 0.717) is 15.6 Å². The summed E-state index contributed by atoms with van der Waals surface area (Å²) in [6.07, 6.45) is 1.46. The number of hydrogen-bond acceptors (Lipinski definition) is 10. The number of phenolic OH excluding ortho intramolecular Hbond substituents is 1. The van der Waals surface area contributed by atoms with Crippen molar-refractivity contribution in [3.05, 3.63) is 86.5 Å². The van der Waals surface area contributed by atoms with Crippen LogP contribution in [-0.4, -0.2) is 37.8 Å². The Morgan fingerprint density at radius 3 is 2.63 bits per heavy atom. The first-order chi connectivity index (χ1) is 16.8. The maximum absolute atomic E-state index is 12.3. The zero-order valence-corrected chi connectivity index (χ0v) is 19.3. The fraction of sp³-hybridized carbons (Fsp3) is 0.0455. The number of aliphatic imine (C=N–C) groups is 1. The number of aromatic nitrogens is 1. The summed E-state index contributed by atoms with van der Waals surface area (Å²) in [4.78, 5) is 41.9. The van der Waals surface area contributed by atoms with Crippen LogP contribution in [0.15, 0.2) is 70.0 Å². The second kappa shape index (κ2) is 10.3. The maximum Gasteiger partial charge on any atom is 0.311 e. The Bertz CT molecular complexity index is 1490. The number of aromatic hydroxyl groups is 1. The Hall–Kier alpha value is -4.36. The first-order valence-corrected chi connectivity index (χ1v) is 11.7. The van der Waals surface area contributed by atoms with E-state index < -0.39 is 27.2 Å². The van der Waals surface area contributed by atoms with E-state index in [0.717, 1.165) is 10.2 Å².